The molecular formula is C14H24. The van der Waals surface area contributed by atoms with Crippen molar-refractivity contribution in [3.8, 4) is 0 Å². The van der Waals surface area contributed by atoms with Crippen LogP contribution in [-0.4, -0.2) is 0 Å². The van der Waals surface area contributed by atoms with Crippen LogP contribution < -0.4 is 0 Å². The van der Waals surface area contributed by atoms with Crippen LogP contribution in [0.25, 0.3) is 0 Å². The molecule has 0 atom stereocenters. The Morgan fingerprint density at radius 3 is 1.14 bits per heavy atom. The minimum absolute atomic E-state index is 0.347. The highest BCUT2D eigenvalue weighted by atomic mass is 14.3. The van der Waals surface area contributed by atoms with E-state index in [1.807, 2.05) is 0 Å². The minimum Gasteiger partial charge on any atom is -0.0804 e. The summed E-state index contributed by atoms with van der Waals surface area (Å²) in [5.41, 5.74) is 3.87. The quantitative estimate of drug-likeness (QED) is 0.487. The first kappa shape index (κ1) is 11.6. The van der Waals surface area contributed by atoms with Crippen molar-refractivity contribution in [1.82, 2.24) is 0 Å². The van der Waals surface area contributed by atoms with Crippen molar-refractivity contribution in [2.75, 3.05) is 0 Å². The summed E-state index contributed by atoms with van der Waals surface area (Å²) in [4.78, 5) is 0. The third-order valence-electron chi connectivity index (χ3n) is 3.06. The number of rotatable bonds is 0. The second-order valence-corrected chi connectivity index (χ2v) is 6.37. The summed E-state index contributed by atoms with van der Waals surface area (Å²) in [6.07, 6.45) is 7.16. The second kappa shape index (κ2) is 3.56. The molecular weight excluding hydrogens is 168 g/mol. The number of hydrogen-bond donors (Lipinski definition) is 0. The van der Waals surface area contributed by atoms with Crippen LogP contribution in [0.5, 0.6) is 0 Å². The Labute approximate surface area is 89.1 Å². The minimum atomic E-state index is 0.347. The van der Waals surface area contributed by atoms with Crippen molar-refractivity contribution in [2.24, 2.45) is 10.8 Å². The van der Waals surface area contributed by atoms with Gasteiger partial charge in [0.25, 0.3) is 0 Å². The average Bonchev–Trinajstić information content (AvgIpc) is 2.01. The average molecular weight is 192 g/mol. The molecule has 1 rings (SSSR count). The molecule has 0 saturated heterocycles. The van der Waals surface area contributed by atoms with Crippen LogP contribution in [-0.2, 0) is 0 Å². The summed E-state index contributed by atoms with van der Waals surface area (Å²) in [7, 11) is 0. The Hall–Kier alpha value is -0.520. The molecule has 0 radical (unpaired) electrons. The molecule has 1 aliphatic carbocycles. The van der Waals surface area contributed by atoms with Crippen LogP contribution in [0.15, 0.2) is 23.3 Å². The van der Waals surface area contributed by atoms with Gasteiger partial charge in [-0.05, 0) is 23.7 Å². The lowest BCUT2D eigenvalue weighted by Gasteiger charge is -2.30. The fourth-order valence-corrected chi connectivity index (χ4v) is 1.86. The van der Waals surface area contributed by atoms with Gasteiger partial charge in [-0.3, -0.25) is 0 Å². The van der Waals surface area contributed by atoms with Gasteiger partial charge in [0.2, 0.25) is 0 Å². The molecule has 0 unspecified atom stereocenters. The monoisotopic (exact) mass is 192 g/mol. The van der Waals surface area contributed by atoms with Gasteiger partial charge in [0.05, 0.1) is 0 Å². The molecule has 0 aromatic rings. The van der Waals surface area contributed by atoms with E-state index in [-0.39, 0.29) is 0 Å². The molecule has 0 amide bonds. The molecule has 80 valence electrons. The molecule has 0 heterocycles. The van der Waals surface area contributed by atoms with Gasteiger partial charge in [-0.15, -0.1) is 0 Å². The molecule has 0 nitrogen and oxygen atoms in total. The largest absolute Gasteiger partial charge is 0.0804 e. The van der Waals surface area contributed by atoms with E-state index >= 15 is 0 Å². The Bertz CT molecular complexity index is 233. The smallest absolute Gasteiger partial charge is 0.0130 e. The van der Waals surface area contributed by atoms with Gasteiger partial charge >= 0.3 is 0 Å². The molecule has 0 heteroatoms. The van der Waals surface area contributed by atoms with Crippen LogP contribution in [0.2, 0.25) is 0 Å². The van der Waals surface area contributed by atoms with Gasteiger partial charge in [0.1, 0.15) is 0 Å². The number of allylic oxidation sites excluding steroid dienone is 4. The summed E-state index contributed by atoms with van der Waals surface area (Å²) < 4.78 is 0. The predicted molar refractivity (Wildman–Crippen MR) is 64.3 cm³/mol. The standard InChI is InChI=1S/C14H24/c1-13(2,3)11-7-9-12(10-8-11)14(4,5)6/h7,10H,8-9H2,1-6H3. The third kappa shape index (κ3) is 2.73. The van der Waals surface area contributed by atoms with Crippen molar-refractivity contribution in [1.29, 1.82) is 0 Å². The highest BCUT2D eigenvalue weighted by Gasteiger charge is 2.22. The van der Waals surface area contributed by atoms with Gasteiger partial charge in [-0.25, -0.2) is 0 Å². The van der Waals surface area contributed by atoms with Crippen LogP contribution >= 0.6 is 0 Å². The predicted octanol–water partition coefficient (Wildman–Crippen LogP) is 4.73. The summed E-state index contributed by atoms with van der Waals surface area (Å²) in [6.45, 7) is 13.8. The van der Waals surface area contributed by atoms with Gasteiger partial charge in [0.15, 0.2) is 0 Å². The molecule has 0 bridgehead atoms. The summed E-state index contributed by atoms with van der Waals surface area (Å²) in [6, 6.07) is 0. The molecule has 0 saturated carbocycles. The van der Waals surface area contributed by atoms with E-state index in [1.54, 1.807) is 11.1 Å². The Morgan fingerprint density at radius 2 is 1.00 bits per heavy atom. The van der Waals surface area contributed by atoms with Crippen LogP contribution in [0, 0.1) is 10.8 Å². The topological polar surface area (TPSA) is 0 Å². The summed E-state index contributed by atoms with van der Waals surface area (Å²) in [5, 5.41) is 0. The first-order valence-electron chi connectivity index (χ1n) is 5.60. The van der Waals surface area contributed by atoms with E-state index < -0.39 is 0 Å². The van der Waals surface area contributed by atoms with Crippen molar-refractivity contribution >= 4 is 0 Å². The molecule has 0 aromatic carbocycles. The van der Waals surface area contributed by atoms with Crippen molar-refractivity contribution in [2.45, 2.75) is 54.4 Å². The Balaban J connectivity index is 2.72. The zero-order chi connectivity index (χ0) is 11.0. The number of hydrogen-bond acceptors (Lipinski definition) is 0. The Morgan fingerprint density at radius 1 is 0.714 bits per heavy atom. The highest BCUT2D eigenvalue weighted by molar-refractivity contribution is 5.27. The van der Waals surface area contributed by atoms with Crippen molar-refractivity contribution in [3.63, 3.8) is 0 Å². The van der Waals surface area contributed by atoms with Crippen LogP contribution in [0.1, 0.15) is 54.4 Å². The maximum absolute atomic E-state index is 2.43. The first-order valence-corrected chi connectivity index (χ1v) is 5.60. The van der Waals surface area contributed by atoms with E-state index in [0.717, 1.165) is 12.8 Å². The molecule has 0 spiro atoms. The van der Waals surface area contributed by atoms with Gasteiger partial charge in [0, 0.05) is 0 Å². The maximum atomic E-state index is 2.43. The van der Waals surface area contributed by atoms with E-state index in [9.17, 15) is 0 Å². The molecule has 0 aliphatic heterocycles. The first-order chi connectivity index (χ1) is 6.21. The summed E-state index contributed by atoms with van der Waals surface area (Å²) in [5.74, 6) is 0. The molecule has 0 aromatic heterocycles. The normalized spacial score (nSPS) is 19.0. The lowest BCUT2D eigenvalue weighted by atomic mass is 9.76. The maximum Gasteiger partial charge on any atom is -0.0130 e. The van der Waals surface area contributed by atoms with Crippen molar-refractivity contribution in [3.05, 3.63) is 23.3 Å². The fourth-order valence-electron chi connectivity index (χ4n) is 1.86. The second-order valence-electron chi connectivity index (χ2n) is 6.37. The van der Waals surface area contributed by atoms with Crippen LogP contribution in [0.3, 0.4) is 0 Å². The zero-order valence-corrected chi connectivity index (χ0v) is 10.6. The van der Waals surface area contributed by atoms with Crippen molar-refractivity contribution < 1.29 is 0 Å². The van der Waals surface area contributed by atoms with E-state index in [2.05, 4.69) is 53.7 Å². The fraction of sp³-hybridized carbons (Fsp3) is 0.714. The van der Waals surface area contributed by atoms with E-state index in [1.165, 1.54) is 0 Å². The van der Waals surface area contributed by atoms with Crippen LogP contribution in [0.4, 0.5) is 0 Å². The van der Waals surface area contributed by atoms with Gasteiger partial charge in [-0.1, -0.05) is 64.8 Å². The SMILES string of the molecule is CC(C)(C)C1=CCC(C(C)(C)C)=CC1. The lowest BCUT2D eigenvalue weighted by Crippen LogP contribution is -2.15. The summed E-state index contributed by atoms with van der Waals surface area (Å²) >= 11 is 0. The molecule has 1 aliphatic rings. The molecule has 14 heavy (non-hydrogen) atoms. The highest BCUT2D eigenvalue weighted by Crippen LogP contribution is 2.37. The van der Waals surface area contributed by atoms with E-state index in [0.29, 0.717) is 10.8 Å². The van der Waals surface area contributed by atoms with E-state index in [4.69, 9.17) is 0 Å². The molecule has 0 N–H and O–H groups in total. The third-order valence-corrected chi connectivity index (χ3v) is 3.06. The zero-order valence-electron chi connectivity index (χ0n) is 10.6. The van der Waals surface area contributed by atoms with Gasteiger partial charge in [-0.2, -0.15) is 0 Å². The lowest BCUT2D eigenvalue weighted by molar-refractivity contribution is 0.464. The molecule has 0 fully saturated rings. The van der Waals surface area contributed by atoms with Gasteiger partial charge < -0.3 is 0 Å². The Kier molecular flexibility index (Phi) is 2.94.